The van der Waals surface area contributed by atoms with E-state index in [1.54, 1.807) is 14.0 Å². The number of piperazine rings is 1. The molecular formula is C30H38ClN5O2. The highest BCUT2D eigenvalue weighted by atomic mass is 35.5. The van der Waals surface area contributed by atoms with E-state index in [2.05, 4.69) is 63.3 Å². The Labute approximate surface area is 231 Å². The van der Waals surface area contributed by atoms with Gasteiger partial charge in [-0.15, -0.1) is 12.4 Å². The molecule has 202 valence electrons. The Morgan fingerprint density at radius 3 is 2.29 bits per heavy atom. The lowest BCUT2D eigenvalue weighted by Crippen LogP contribution is -2.52. The monoisotopic (exact) mass is 535 g/mol. The fourth-order valence-corrected chi connectivity index (χ4v) is 5.42. The Balaban J connectivity index is 0.00000336. The van der Waals surface area contributed by atoms with Crippen LogP contribution in [0, 0.1) is 0 Å². The van der Waals surface area contributed by atoms with Crippen LogP contribution >= 0.6 is 12.4 Å². The van der Waals surface area contributed by atoms with Crippen LogP contribution in [0.5, 0.6) is 0 Å². The van der Waals surface area contributed by atoms with Crippen molar-refractivity contribution in [2.24, 2.45) is 0 Å². The van der Waals surface area contributed by atoms with Crippen molar-refractivity contribution in [2.75, 3.05) is 38.1 Å². The van der Waals surface area contributed by atoms with Gasteiger partial charge >= 0.3 is 0 Å². The number of anilines is 1. The second-order valence-corrected chi connectivity index (χ2v) is 10.1. The van der Waals surface area contributed by atoms with Gasteiger partial charge in [0.15, 0.2) is 0 Å². The minimum Gasteiger partial charge on any atom is -0.343 e. The van der Waals surface area contributed by atoms with Gasteiger partial charge in [0.25, 0.3) is 0 Å². The molecule has 0 radical (unpaired) electrons. The maximum Gasteiger partial charge on any atom is 0.249 e. The Kier molecular flexibility index (Phi) is 9.39. The summed E-state index contributed by atoms with van der Waals surface area (Å²) in [5.41, 5.74) is 4.49. The standard InChI is InChI=1S/C30H37N5O2.ClH/c1-21(31-2)29(36)33-27-14-13-22-7-3-6-10-28(22)35(30(27)37)20-24-12-11-23(19-34-17-15-32-16-18-34)25-8-4-5-9-26(24)25;/h3-12,21,27,31-32H,13-20H2,1-2H3,(H,33,36);1H. The minimum atomic E-state index is -0.561. The average Bonchev–Trinajstić information content (AvgIpc) is 3.06. The van der Waals surface area contributed by atoms with Crippen molar-refractivity contribution in [3.63, 3.8) is 0 Å². The van der Waals surface area contributed by atoms with Crippen molar-refractivity contribution in [1.29, 1.82) is 0 Å². The van der Waals surface area contributed by atoms with Gasteiger partial charge in [-0.05, 0) is 60.3 Å². The molecule has 0 bridgehead atoms. The minimum absolute atomic E-state index is 0. The van der Waals surface area contributed by atoms with E-state index >= 15 is 0 Å². The van der Waals surface area contributed by atoms with Gasteiger partial charge in [-0.2, -0.15) is 0 Å². The van der Waals surface area contributed by atoms with Crippen LogP contribution in [-0.2, 0) is 29.1 Å². The lowest BCUT2D eigenvalue weighted by atomic mass is 9.98. The van der Waals surface area contributed by atoms with Gasteiger partial charge in [-0.3, -0.25) is 14.5 Å². The number of nitrogens with one attached hydrogen (secondary N) is 3. The number of rotatable bonds is 7. The molecule has 2 amide bonds. The predicted octanol–water partition coefficient (Wildman–Crippen LogP) is 3.24. The SMILES string of the molecule is CNC(C)C(=O)NC1CCc2ccccc2N(Cc2ccc(CN3CCNCC3)c3ccccc23)C1=O.Cl. The number of hydrogen-bond donors (Lipinski definition) is 3. The van der Waals surface area contributed by atoms with Crippen LogP contribution in [0.3, 0.4) is 0 Å². The Morgan fingerprint density at radius 1 is 0.974 bits per heavy atom. The summed E-state index contributed by atoms with van der Waals surface area (Å²) in [7, 11) is 1.75. The molecule has 0 aromatic heterocycles. The van der Waals surface area contributed by atoms with E-state index in [1.165, 1.54) is 16.3 Å². The van der Waals surface area contributed by atoms with Gasteiger partial charge in [0.05, 0.1) is 12.6 Å². The number of likely N-dealkylation sites (N-methyl/N-ethyl adjacent to an activating group) is 1. The lowest BCUT2D eigenvalue weighted by Gasteiger charge is -2.29. The van der Waals surface area contributed by atoms with E-state index in [1.807, 2.05) is 23.1 Å². The molecule has 2 heterocycles. The second-order valence-electron chi connectivity index (χ2n) is 10.1. The zero-order chi connectivity index (χ0) is 25.8. The quantitative estimate of drug-likeness (QED) is 0.433. The third kappa shape index (κ3) is 6.02. The third-order valence-electron chi connectivity index (χ3n) is 7.73. The van der Waals surface area contributed by atoms with Crippen LogP contribution in [0.2, 0.25) is 0 Å². The fraction of sp³-hybridized carbons (Fsp3) is 0.400. The predicted molar refractivity (Wildman–Crippen MR) is 156 cm³/mol. The van der Waals surface area contributed by atoms with Crippen molar-refractivity contribution in [3.05, 3.63) is 77.4 Å². The molecule has 8 heteroatoms. The molecule has 5 rings (SSSR count). The first kappa shape index (κ1) is 28.0. The van der Waals surface area contributed by atoms with Gasteiger partial charge in [0.1, 0.15) is 6.04 Å². The summed E-state index contributed by atoms with van der Waals surface area (Å²) in [6.07, 6.45) is 1.32. The van der Waals surface area contributed by atoms with Crippen molar-refractivity contribution in [3.8, 4) is 0 Å². The lowest BCUT2D eigenvalue weighted by molar-refractivity contribution is -0.128. The number of fused-ring (bicyclic) bond motifs is 2. The van der Waals surface area contributed by atoms with Crippen molar-refractivity contribution in [2.45, 2.75) is 44.9 Å². The van der Waals surface area contributed by atoms with Crippen LogP contribution in [0.25, 0.3) is 10.8 Å². The van der Waals surface area contributed by atoms with Crippen LogP contribution in [0.15, 0.2) is 60.7 Å². The number of aryl methyl sites for hydroxylation is 1. The molecule has 2 unspecified atom stereocenters. The van der Waals surface area contributed by atoms with E-state index in [0.717, 1.165) is 56.0 Å². The highest BCUT2D eigenvalue weighted by Crippen LogP contribution is 2.31. The number of carbonyl (C=O) groups is 2. The van der Waals surface area contributed by atoms with Gasteiger partial charge in [-0.25, -0.2) is 0 Å². The molecule has 38 heavy (non-hydrogen) atoms. The van der Waals surface area contributed by atoms with E-state index in [4.69, 9.17) is 0 Å². The Hall–Kier alpha value is -2.97. The van der Waals surface area contributed by atoms with Gasteiger partial charge in [0, 0.05) is 38.4 Å². The van der Waals surface area contributed by atoms with Crippen LogP contribution in [-0.4, -0.2) is 62.0 Å². The summed E-state index contributed by atoms with van der Waals surface area (Å²) in [6.45, 7) is 7.33. The molecule has 7 nitrogen and oxygen atoms in total. The molecule has 3 aromatic carbocycles. The van der Waals surface area contributed by atoms with Gasteiger partial charge < -0.3 is 20.9 Å². The number of hydrogen-bond acceptors (Lipinski definition) is 5. The van der Waals surface area contributed by atoms with Crippen LogP contribution in [0.4, 0.5) is 5.69 Å². The first-order valence-corrected chi connectivity index (χ1v) is 13.3. The summed E-state index contributed by atoms with van der Waals surface area (Å²) >= 11 is 0. The third-order valence-corrected chi connectivity index (χ3v) is 7.73. The van der Waals surface area contributed by atoms with Gasteiger partial charge in [0.2, 0.25) is 11.8 Å². The molecule has 0 aliphatic carbocycles. The number of halogens is 1. The molecule has 3 aromatic rings. The zero-order valence-electron chi connectivity index (χ0n) is 22.2. The highest BCUT2D eigenvalue weighted by Gasteiger charge is 2.32. The first-order chi connectivity index (χ1) is 18.0. The summed E-state index contributed by atoms with van der Waals surface area (Å²) < 4.78 is 0. The first-order valence-electron chi connectivity index (χ1n) is 13.3. The second kappa shape index (κ2) is 12.7. The molecule has 3 N–H and O–H groups in total. The van der Waals surface area contributed by atoms with E-state index in [-0.39, 0.29) is 30.3 Å². The Bertz CT molecular complexity index is 1280. The van der Waals surface area contributed by atoms with Crippen molar-refractivity contribution in [1.82, 2.24) is 20.9 Å². The number of amides is 2. The fourth-order valence-electron chi connectivity index (χ4n) is 5.42. The smallest absolute Gasteiger partial charge is 0.249 e. The molecule has 1 saturated heterocycles. The summed E-state index contributed by atoms with van der Waals surface area (Å²) in [5, 5.41) is 11.8. The molecule has 1 fully saturated rings. The molecule has 0 spiro atoms. The van der Waals surface area contributed by atoms with E-state index in [9.17, 15) is 9.59 Å². The number of benzene rings is 3. The topological polar surface area (TPSA) is 76.7 Å². The van der Waals surface area contributed by atoms with E-state index in [0.29, 0.717) is 13.0 Å². The summed E-state index contributed by atoms with van der Waals surface area (Å²) in [4.78, 5) is 30.9. The van der Waals surface area contributed by atoms with Crippen molar-refractivity contribution < 1.29 is 9.59 Å². The van der Waals surface area contributed by atoms with Crippen molar-refractivity contribution >= 4 is 40.7 Å². The normalized spacial score (nSPS) is 18.8. The molecule has 2 aliphatic rings. The molecular weight excluding hydrogens is 498 g/mol. The molecule has 2 atom stereocenters. The Morgan fingerprint density at radius 2 is 1.61 bits per heavy atom. The summed E-state index contributed by atoms with van der Waals surface area (Å²) in [5.74, 6) is -0.218. The van der Waals surface area contributed by atoms with E-state index < -0.39 is 6.04 Å². The van der Waals surface area contributed by atoms with Gasteiger partial charge in [-0.1, -0.05) is 54.6 Å². The molecule has 2 aliphatic heterocycles. The zero-order valence-corrected chi connectivity index (χ0v) is 23.0. The summed E-state index contributed by atoms with van der Waals surface area (Å²) in [6, 6.07) is 20.1. The number of para-hydroxylation sites is 1. The van der Waals surface area contributed by atoms with Crippen LogP contribution < -0.4 is 20.9 Å². The number of carbonyl (C=O) groups excluding carboxylic acids is 2. The molecule has 0 saturated carbocycles. The number of nitrogens with zero attached hydrogens (tertiary/aromatic N) is 2. The average molecular weight is 536 g/mol. The maximum absolute atomic E-state index is 13.9. The maximum atomic E-state index is 13.9. The van der Waals surface area contributed by atoms with Crippen LogP contribution in [0.1, 0.15) is 30.0 Å². The highest BCUT2D eigenvalue weighted by molar-refractivity contribution is 6.01. The largest absolute Gasteiger partial charge is 0.343 e.